The molecule has 0 bridgehead atoms. The Hall–Kier alpha value is -0.600. The molecule has 0 radical (unpaired) electrons. The molecule has 0 aromatic heterocycles. The van der Waals surface area contributed by atoms with Crippen LogP contribution in [0.4, 0.5) is 0 Å². The third kappa shape index (κ3) is 1.64. The summed E-state index contributed by atoms with van der Waals surface area (Å²) in [7, 11) is 3.58. The van der Waals surface area contributed by atoms with Crippen molar-refractivity contribution in [2.75, 3.05) is 14.2 Å². The first-order valence-electron chi connectivity index (χ1n) is 5.25. The fourth-order valence-electron chi connectivity index (χ4n) is 2.62. The van der Waals surface area contributed by atoms with Gasteiger partial charge in [0.2, 0.25) is 0 Å². The Balaban J connectivity index is 2.18. The fourth-order valence-corrected chi connectivity index (χ4v) is 2.62. The van der Waals surface area contributed by atoms with Crippen molar-refractivity contribution < 1.29 is 9.47 Å². The SMILES string of the molecule is COC1C=CC(OC)C2CC=CCC12. The summed E-state index contributed by atoms with van der Waals surface area (Å²) in [5, 5.41) is 0. The van der Waals surface area contributed by atoms with Crippen molar-refractivity contribution in [2.45, 2.75) is 25.0 Å². The second kappa shape index (κ2) is 4.28. The lowest BCUT2D eigenvalue weighted by atomic mass is 9.73. The Kier molecular flexibility index (Phi) is 3.04. The molecule has 0 aliphatic heterocycles. The third-order valence-corrected chi connectivity index (χ3v) is 3.41. The van der Waals surface area contributed by atoms with Crippen LogP contribution in [0.1, 0.15) is 12.8 Å². The number of hydrogen-bond donors (Lipinski definition) is 0. The lowest BCUT2D eigenvalue weighted by molar-refractivity contribution is -0.00878. The maximum Gasteiger partial charge on any atom is 0.0787 e. The van der Waals surface area contributed by atoms with Crippen molar-refractivity contribution in [3.05, 3.63) is 24.3 Å². The summed E-state index contributed by atoms with van der Waals surface area (Å²) in [6.45, 7) is 0. The minimum Gasteiger partial charge on any atom is -0.377 e. The molecule has 2 rings (SSSR count). The topological polar surface area (TPSA) is 18.5 Å². The quantitative estimate of drug-likeness (QED) is 0.627. The van der Waals surface area contributed by atoms with Crippen molar-refractivity contribution in [2.24, 2.45) is 11.8 Å². The monoisotopic (exact) mass is 194 g/mol. The molecule has 2 nitrogen and oxygen atoms in total. The first kappa shape index (κ1) is 9.94. The van der Waals surface area contributed by atoms with Crippen molar-refractivity contribution in [1.29, 1.82) is 0 Å². The lowest BCUT2D eigenvalue weighted by Gasteiger charge is -2.39. The van der Waals surface area contributed by atoms with E-state index in [2.05, 4.69) is 24.3 Å². The Morgan fingerprint density at radius 2 is 1.29 bits per heavy atom. The molecule has 0 N–H and O–H groups in total. The van der Waals surface area contributed by atoms with Gasteiger partial charge in [0, 0.05) is 14.2 Å². The highest BCUT2D eigenvalue weighted by molar-refractivity contribution is 5.12. The number of ether oxygens (including phenoxy) is 2. The summed E-state index contributed by atoms with van der Waals surface area (Å²) < 4.78 is 11.0. The average Bonchev–Trinajstić information content (AvgIpc) is 2.27. The standard InChI is InChI=1S/C12H18O2/c1-13-11-7-8-12(14-2)10-6-4-3-5-9(10)11/h3-4,7-12H,5-6H2,1-2H3. The van der Waals surface area contributed by atoms with E-state index in [0.717, 1.165) is 12.8 Å². The van der Waals surface area contributed by atoms with Crippen LogP contribution < -0.4 is 0 Å². The van der Waals surface area contributed by atoms with Crippen LogP contribution in [-0.4, -0.2) is 26.4 Å². The van der Waals surface area contributed by atoms with E-state index in [0.29, 0.717) is 11.8 Å². The summed E-state index contributed by atoms with van der Waals surface area (Å²) in [5.41, 5.74) is 0. The van der Waals surface area contributed by atoms with E-state index in [-0.39, 0.29) is 12.2 Å². The Morgan fingerprint density at radius 3 is 1.64 bits per heavy atom. The van der Waals surface area contributed by atoms with Crippen molar-refractivity contribution in [3.63, 3.8) is 0 Å². The summed E-state index contributed by atoms with van der Waals surface area (Å²) in [4.78, 5) is 0. The van der Waals surface area contributed by atoms with E-state index in [4.69, 9.17) is 9.47 Å². The van der Waals surface area contributed by atoms with Gasteiger partial charge >= 0.3 is 0 Å². The molecule has 4 unspecified atom stereocenters. The van der Waals surface area contributed by atoms with E-state index in [9.17, 15) is 0 Å². The van der Waals surface area contributed by atoms with Gasteiger partial charge in [-0.05, 0) is 24.7 Å². The normalized spacial score (nSPS) is 41.0. The van der Waals surface area contributed by atoms with Gasteiger partial charge in [-0.15, -0.1) is 0 Å². The van der Waals surface area contributed by atoms with Crippen LogP contribution >= 0.6 is 0 Å². The van der Waals surface area contributed by atoms with Gasteiger partial charge < -0.3 is 9.47 Å². The third-order valence-electron chi connectivity index (χ3n) is 3.41. The van der Waals surface area contributed by atoms with E-state index >= 15 is 0 Å². The molecular weight excluding hydrogens is 176 g/mol. The second-order valence-electron chi connectivity index (χ2n) is 4.06. The maximum absolute atomic E-state index is 5.48. The number of rotatable bonds is 2. The number of allylic oxidation sites excluding steroid dienone is 2. The molecule has 0 amide bonds. The molecule has 0 heterocycles. The van der Waals surface area contributed by atoms with Gasteiger partial charge in [-0.1, -0.05) is 24.3 Å². The molecule has 0 fully saturated rings. The first-order chi connectivity index (χ1) is 6.86. The first-order valence-corrected chi connectivity index (χ1v) is 5.25. The Bertz CT molecular complexity index is 221. The molecule has 4 atom stereocenters. The van der Waals surface area contributed by atoms with Gasteiger partial charge in [-0.25, -0.2) is 0 Å². The summed E-state index contributed by atoms with van der Waals surface area (Å²) in [5.74, 6) is 1.19. The van der Waals surface area contributed by atoms with Crippen molar-refractivity contribution in [3.8, 4) is 0 Å². The van der Waals surface area contributed by atoms with Gasteiger partial charge in [0.25, 0.3) is 0 Å². The smallest absolute Gasteiger partial charge is 0.0787 e. The molecular formula is C12H18O2. The summed E-state index contributed by atoms with van der Waals surface area (Å²) in [6.07, 6.45) is 11.6. The molecule has 2 aliphatic rings. The van der Waals surface area contributed by atoms with E-state index in [1.54, 1.807) is 14.2 Å². The molecule has 0 spiro atoms. The summed E-state index contributed by atoms with van der Waals surface area (Å²) >= 11 is 0. The minimum atomic E-state index is 0.274. The zero-order valence-electron chi connectivity index (χ0n) is 8.85. The summed E-state index contributed by atoms with van der Waals surface area (Å²) in [6, 6.07) is 0. The molecule has 78 valence electrons. The lowest BCUT2D eigenvalue weighted by Crippen LogP contribution is -2.40. The van der Waals surface area contributed by atoms with Crippen LogP contribution in [0.25, 0.3) is 0 Å². The number of methoxy groups -OCH3 is 2. The predicted octanol–water partition coefficient (Wildman–Crippen LogP) is 2.17. The van der Waals surface area contributed by atoms with E-state index < -0.39 is 0 Å². The van der Waals surface area contributed by atoms with E-state index in [1.807, 2.05) is 0 Å². The Morgan fingerprint density at radius 1 is 0.857 bits per heavy atom. The van der Waals surface area contributed by atoms with Gasteiger partial charge in [-0.3, -0.25) is 0 Å². The average molecular weight is 194 g/mol. The van der Waals surface area contributed by atoms with E-state index in [1.165, 1.54) is 0 Å². The van der Waals surface area contributed by atoms with Gasteiger partial charge in [0.05, 0.1) is 12.2 Å². The maximum atomic E-state index is 5.48. The van der Waals surface area contributed by atoms with Crippen LogP contribution in [0, 0.1) is 11.8 Å². The zero-order chi connectivity index (χ0) is 9.97. The molecule has 0 aromatic carbocycles. The highest BCUT2D eigenvalue weighted by atomic mass is 16.5. The molecule has 0 saturated carbocycles. The fraction of sp³-hybridized carbons (Fsp3) is 0.667. The molecule has 0 aromatic rings. The molecule has 2 heteroatoms. The van der Waals surface area contributed by atoms with Crippen molar-refractivity contribution in [1.82, 2.24) is 0 Å². The predicted molar refractivity (Wildman–Crippen MR) is 56.1 cm³/mol. The number of fused-ring (bicyclic) bond motifs is 1. The molecule has 14 heavy (non-hydrogen) atoms. The van der Waals surface area contributed by atoms with Crippen LogP contribution in [0.2, 0.25) is 0 Å². The minimum absolute atomic E-state index is 0.274. The highest BCUT2D eigenvalue weighted by Crippen LogP contribution is 2.37. The molecule has 0 saturated heterocycles. The largest absolute Gasteiger partial charge is 0.377 e. The Labute approximate surface area is 85.6 Å². The van der Waals surface area contributed by atoms with Crippen LogP contribution in [0.15, 0.2) is 24.3 Å². The van der Waals surface area contributed by atoms with Gasteiger partial charge in [0.15, 0.2) is 0 Å². The highest BCUT2D eigenvalue weighted by Gasteiger charge is 2.36. The number of hydrogen-bond acceptors (Lipinski definition) is 2. The van der Waals surface area contributed by atoms with Gasteiger partial charge in [-0.2, -0.15) is 0 Å². The zero-order valence-corrected chi connectivity index (χ0v) is 8.85. The molecule has 2 aliphatic carbocycles. The second-order valence-corrected chi connectivity index (χ2v) is 4.06. The van der Waals surface area contributed by atoms with Crippen molar-refractivity contribution >= 4 is 0 Å². The van der Waals surface area contributed by atoms with Crippen LogP contribution in [-0.2, 0) is 9.47 Å². The van der Waals surface area contributed by atoms with Crippen LogP contribution in [0.5, 0.6) is 0 Å². The van der Waals surface area contributed by atoms with Crippen LogP contribution in [0.3, 0.4) is 0 Å². The van der Waals surface area contributed by atoms with Gasteiger partial charge in [0.1, 0.15) is 0 Å².